The van der Waals surface area contributed by atoms with Gasteiger partial charge in [-0.15, -0.1) is 0 Å². The molecule has 7 nitrogen and oxygen atoms in total. The van der Waals surface area contributed by atoms with Crippen LogP contribution in [0.5, 0.6) is 0 Å². The van der Waals surface area contributed by atoms with Crippen molar-refractivity contribution >= 4 is 34.8 Å². The van der Waals surface area contributed by atoms with Crippen molar-refractivity contribution in [2.45, 2.75) is 12.7 Å². The minimum atomic E-state index is -0.526. The lowest BCUT2D eigenvalue weighted by Gasteiger charge is -2.35. The smallest absolute Gasteiger partial charge is 0.254 e. The van der Waals surface area contributed by atoms with Gasteiger partial charge in [-0.1, -0.05) is 23.2 Å². The molecule has 27 heavy (non-hydrogen) atoms. The lowest BCUT2D eigenvalue weighted by Crippen LogP contribution is -2.39. The van der Waals surface area contributed by atoms with E-state index in [-0.39, 0.29) is 5.02 Å². The zero-order valence-electron chi connectivity index (χ0n) is 14.4. The van der Waals surface area contributed by atoms with E-state index in [2.05, 4.69) is 20.0 Å². The fraction of sp³-hybridized carbons (Fsp3) is 0.353. The molecule has 1 fully saturated rings. The largest absolute Gasteiger partial charge is 0.378 e. The summed E-state index contributed by atoms with van der Waals surface area (Å²) in [5.74, 6) is 0.767. The van der Waals surface area contributed by atoms with E-state index < -0.39 is 11.9 Å². The van der Waals surface area contributed by atoms with E-state index >= 15 is 0 Å². The lowest BCUT2D eigenvalue weighted by atomic mass is 10.1. The number of hydrogen-bond donors (Lipinski definition) is 0. The van der Waals surface area contributed by atoms with Gasteiger partial charge in [0, 0.05) is 36.9 Å². The Kier molecular flexibility index (Phi) is 5.14. The molecule has 1 unspecified atom stereocenters. The fourth-order valence-electron chi connectivity index (χ4n) is 3.12. The molecule has 0 spiro atoms. The van der Waals surface area contributed by atoms with Gasteiger partial charge in [0.1, 0.15) is 24.1 Å². The van der Waals surface area contributed by atoms with E-state index in [9.17, 15) is 4.39 Å². The van der Waals surface area contributed by atoms with Crippen molar-refractivity contribution in [1.29, 1.82) is 0 Å². The number of rotatable bonds is 4. The standard InChI is InChI=1S/C17H16Cl2FN5O2/c1-26-8-10-4-16(25-17(23-10)21-9-22-25)24-2-3-27-15(7-24)11-5-14(20)13(19)6-12(11)18/h4-6,9,15H,2-3,7-8H2,1H3. The van der Waals surface area contributed by atoms with Crippen LogP contribution in [-0.4, -0.2) is 46.4 Å². The molecule has 1 aromatic carbocycles. The summed E-state index contributed by atoms with van der Waals surface area (Å²) >= 11 is 12.1. The van der Waals surface area contributed by atoms with Gasteiger partial charge in [0.25, 0.3) is 5.78 Å². The van der Waals surface area contributed by atoms with Gasteiger partial charge < -0.3 is 14.4 Å². The first-order valence-corrected chi connectivity index (χ1v) is 9.02. The third-order valence-electron chi connectivity index (χ3n) is 4.36. The minimum Gasteiger partial charge on any atom is -0.378 e. The first-order valence-electron chi connectivity index (χ1n) is 8.26. The molecule has 10 heteroatoms. The van der Waals surface area contributed by atoms with Crippen molar-refractivity contribution in [3.63, 3.8) is 0 Å². The van der Waals surface area contributed by atoms with Crippen molar-refractivity contribution in [2.75, 3.05) is 31.7 Å². The highest BCUT2D eigenvalue weighted by Crippen LogP contribution is 2.33. The highest BCUT2D eigenvalue weighted by Gasteiger charge is 2.27. The summed E-state index contributed by atoms with van der Waals surface area (Å²) in [6.07, 6.45) is 1.04. The second-order valence-corrected chi connectivity index (χ2v) is 6.92. The summed E-state index contributed by atoms with van der Waals surface area (Å²) in [6.45, 7) is 1.91. The fourth-order valence-corrected chi connectivity index (χ4v) is 3.63. The first kappa shape index (κ1) is 18.4. The zero-order valence-corrected chi connectivity index (χ0v) is 15.9. The highest BCUT2D eigenvalue weighted by molar-refractivity contribution is 6.35. The number of aromatic nitrogens is 4. The number of benzene rings is 1. The van der Waals surface area contributed by atoms with Crippen LogP contribution >= 0.6 is 23.2 Å². The number of methoxy groups -OCH3 is 1. The van der Waals surface area contributed by atoms with Crippen LogP contribution in [0.1, 0.15) is 17.4 Å². The molecule has 0 amide bonds. The Bertz CT molecular complexity index is 983. The Morgan fingerprint density at radius 1 is 1.30 bits per heavy atom. The third-order valence-corrected chi connectivity index (χ3v) is 4.97. The maximum absolute atomic E-state index is 13.9. The molecule has 3 aromatic rings. The average Bonchev–Trinajstić information content (AvgIpc) is 3.13. The number of halogens is 3. The Morgan fingerprint density at radius 2 is 2.15 bits per heavy atom. The second-order valence-electron chi connectivity index (χ2n) is 6.10. The van der Waals surface area contributed by atoms with Gasteiger partial charge in [-0.05, 0) is 12.1 Å². The zero-order chi connectivity index (χ0) is 19.0. The van der Waals surface area contributed by atoms with Crippen molar-refractivity contribution in [3.8, 4) is 0 Å². The van der Waals surface area contributed by atoms with E-state index in [4.69, 9.17) is 32.7 Å². The van der Waals surface area contributed by atoms with E-state index in [1.165, 1.54) is 18.5 Å². The molecule has 2 aromatic heterocycles. The van der Waals surface area contributed by atoms with Crippen LogP contribution in [0, 0.1) is 5.82 Å². The van der Waals surface area contributed by atoms with Gasteiger partial charge in [0.2, 0.25) is 0 Å². The third kappa shape index (κ3) is 3.58. The molecule has 0 N–H and O–H groups in total. The van der Waals surface area contributed by atoms with Crippen LogP contribution in [0.4, 0.5) is 10.2 Å². The van der Waals surface area contributed by atoms with E-state index in [0.29, 0.717) is 42.7 Å². The molecule has 0 saturated carbocycles. The topological polar surface area (TPSA) is 64.8 Å². The Morgan fingerprint density at radius 3 is 2.96 bits per heavy atom. The molecular weight excluding hydrogens is 396 g/mol. The van der Waals surface area contributed by atoms with Crippen LogP contribution in [0.25, 0.3) is 5.78 Å². The number of nitrogens with zero attached hydrogens (tertiary/aromatic N) is 5. The number of hydrogen-bond acceptors (Lipinski definition) is 6. The Hall–Kier alpha value is -2.00. The van der Waals surface area contributed by atoms with Crippen molar-refractivity contribution < 1.29 is 13.9 Å². The van der Waals surface area contributed by atoms with Crippen molar-refractivity contribution in [2.24, 2.45) is 0 Å². The van der Waals surface area contributed by atoms with Crippen LogP contribution < -0.4 is 4.90 Å². The van der Waals surface area contributed by atoms with Gasteiger partial charge in [0.05, 0.1) is 23.9 Å². The van der Waals surface area contributed by atoms with E-state index in [0.717, 1.165) is 11.5 Å². The monoisotopic (exact) mass is 411 g/mol. The summed E-state index contributed by atoms with van der Waals surface area (Å²) in [6, 6.07) is 4.62. The lowest BCUT2D eigenvalue weighted by molar-refractivity contribution is 0.0392. The molecule has 4 rings (SSSR count). The van der Waals surface area contributed by atoms with Gasteiger partial charge in [-0.2, -0.15) is 14.6 Å². The SMILES string of the molecule is COCc1cc(N2CCOC(c3cc(F)c(Cl)cc3Cl)C2)n2ncnc2n1. The quantitative estimate of drug-likeness (QED) is 0.613. The highest BCUT2D eigenvalue weighted by atomic mass is 35.5. The van der Waals surface area contributed by atoms with Crippen LogP contribution in [0.3, 0.4) is 0 Å². The summed E-state index contributed by atoms with van der Waals surface area (Å²) in [4.78, 5) is 10.7. The van der Waals surface area contributed by atoms with Crippen molar-refractivity contribution in [1.82, 2.24) is 19.6 Å². The average molecular weight is 412 g/mol. The molecule has 1 atom stereocenters. The maximum Gasteiger partial charge on any atom is 0.254 e. The molecule has 3 heterocycles. The number of morpholine rings is 1. The van der Waals surface area contributed by atoms with E-state index in [1.54, 1.807) is 11.6 Å². The number of fused-ring (bicyclic) bond motifs is 1. The van der Waals surface area contributed by atoms with Crippen LogP contribution in [-0.2, 0) is 16.1 Å². The summed E-state index contributed by atoms with van der Waals surface area (Å²) < 4.78 is 26.6. The molecule has 0 bridgehead atoms. The molecule has 1 aliphatic rings. The summed E-state index contributed by atoms with van der Waals surface area (Å²) in [5.41, 5.74) is 1.30. The molecule has 0 aliphatic carbocycles. The maximum atomic E-state index is 13.9. The van der Waals surface area contributed by atoms with Gasteiger partial charge in [0.15, 0.2) is 0 Å². The van der Waals surface area contributed by atoms with Gasteiger partial charge in [-0.3, -0.25) is 0 Å². The Balaban J connectivity index is 1.69. The molecular formula is C17H16Cl2FN5O2. The van der Waals surface area contributed by atoms with Crippen LogP contribution in [0.15, 0.2) is 24.5 Å². The van der Waals surface area contributed by atoms with E-state index in [1.807, 2.05) is 6.07 Å². The summed E-state index contributed by atoms with van der Waals surface area (Å²) in [5, 5.41) is 4.61. The number of anilines is 1. The summed E-state index contributed by atoms with van der Waals surface area (Å²) in [7, 11) is 1.61. The number of ether oxygens (including phenoxy) is 2. The normalized spacial score (nSPS) is 17.6. The molecule has 0 radical (unpaired) electrons. The Labute approximate surface area is 164 Å². The minimum absolute atomic E-state index is 0.0147. The van der Waals surface area contributed by atoms with Gasteiger partial charge >= 0.3 is 0 Å². The molecule has 1 saturated heterocycles. The molecule has 1 aliphatic heterocycles. The first-order chi connectivity index (χ1) is 13.1. The predicted octanol–water partition coefficient (Wildman–Crippen LogP) is 3.29. The van der Waals surface area contributed by atoms with Gasteiger partial charge in [-0.25, -0.2) is 9.37 Å². The molecule has 142 valence electrons. The van der Waals surface area contributed by atoms with Crippen molar-refractivity contribution in [3.05, 3.63) is 51.6 Å². The second kappa shape index (κ2) is 7.55. The predicted molar refractivity (Wildman–Crippen MR) is 98.8 cm³/mol. The van der Waals surface area contributed by atoms with Crippen LogP contribution in [0.2, 0.25) is 10.0 Å².